The van der Waals surface area contributed by atoms with E-state index in [-0.39, 0.29) is 23.6 Å². The first-order chi connectivity index (χ1) is 17.6. The number of aromatic hydroxyl groups is 1. The molecule has 1 aromatic heterocycles. The van der Waals surface area contributed by atoms with Crippen molar-refractivity contribution in [2.75, 3.05) is 20.3 Å². The molecule has 0 spiro atoms. The summed E-state index contributed by atoms with van der Waals surface area (Å²) in [5.41, 5.74) is 1.71. The highest BCUT2D eigenvalue weighted by Gasteiger charge is 2.49. The molecule has 3 aromatic rings. The van der Waals surface area contributed by atoms with Gasteiger partial charge in [-0.25, -0.2) is 0 Å². The summed E-state index contributed by atoms with van der Waals surface area (Å²) in [5, 5.41) is 20.0. The van der Waals surface area contributed by atoms with Crippen LogP contribution in [0.4, 0.5) is 5.69 Å². The number of hydrogen-bond acceptors (Lipinski definition) is 6. The summed E-state index contributed by atoms with van der Waals surface area (Å²) in [7, 11) is 1.54. The van der Waals surface area contributed by atoms with Crippen molar-refractivity contribution in [2.45, 2.75) is 52.7 Å². The molecular weight excluding hydrogens is 536 g/mol. The van der Waals surface area contributed by atoms with Crippen molar-refractivity contribution >= 4 is 38.4 Å². The maximum absolute atomic E-state index is 12.5. The molecule has 2 aliphatic rings. The summed E-state index contributed by atoms with van der Waals surface area (Å²) in [6, 6.07) is 13.3. The van der Waals surface area contributed by atoms with Crippen LogP contribution in [-0.2, 0) is 11.5 Å². The third kappa shape index (κ3) is 5.25. The summed E-state index contributed by atoms with van der Waals surface area (Å²) in [6.07, 6.45) is 3.52. The molecule has 5 rings (SSSR count). The molecule has 1 saturated carbocycles. The highest BCUT2D eigenvalue weighted by atomic mass is 79.9. The lowest BCUT2D eigenvalue weighted by molar-refractivity contribution is -0.120. The van der Waals surface area contributed by atoms with Crippen molar-refractivity contribution in [3.63, 3.8) is 0 Å². The second-order valence-corrected chi connectivity index (χ2v) is 12.3. The lowest BCUT2D eigenvalue weighted by Gasteiger charge is -2.40. The van der Waals surface area contributed by atoms with Crippen LogP contribution in [0.3, 0.4) is 0 Å². The minimum Gasteiger partial charge on any atom is -0.493 e. The average Bonchev–Trinajstić information content (AvgIpc) is 3.23. The Morgan fingerprint density at radius 3 is 2.68 bits per heavy atom. The second-order valence-electron chi connectivity index (χ2n) is 11.4. The predicted molar refractivity (Wildman–Crippen MR) is 146 cm³/mol. The number of methoxy groups -OCH3 is 1. The molecule has 2 bridgehead atoms. The van der Waals surface area contributed by atoms with E-state index in [9.17, 15) is 9.90 Å². The molecule has 0 radical (unpaired) electrons. The number of hydrogen-bond donors (Lipinski definition) is 1. The smallest absolute Gasteiger partial charge is 0.302 e. The Balaban J connectivity index is 1.38. The Labute approximate surface area is 225 Å². The number of ether oxygens (including phenoxy) is 2. The van der Waals surface area contributed by atoms with Gasteiger partial charge in [-0.3, -0.25) is 14.3 Å². The number of halogens is 1. The fraction of sp³-hybridized carbons (Fsp3) is 0.464. The highest BCUT2D eigenvalue weighted by molar-refractivity contribution is 9.10. The minimum absolute atomic E-state index is 0.00107. The van der Waals surface area contributed by atoms with E-state index >= 15 is 0 Å². The summed E-state index contributed by atoms with van der Waals surface area (Å²) in [4.78, 5) is 15.0. The van der Waals surface area contributed by atoms with E-state index in [1.165, 1.54) is 20.0 Å². The van der Waals surface area contributed by atoms with E-state index in [4.69, 9.17) is 9.47 Å². The van der Waals surface area contributed by atoms with Crippen LogP contribution in [-0.4, -0.2) is 46.8 Å². The van der Waals surface area contributed by atoms with Gasteiger partial charge in [-0.15, -0.1) is 10.2 Å². The molecule has 1 aliphatic carbocycles. The van der Waals surface area contributed by atoms with Crippen LogP contribution in [0, 0.1) is 10.8 Å². The molecule has 2 heterocycles. The van der Waals surface area contributed by atoms with Crippen LogP contribution in [0.1, 0.15) is 40.0 Å². The van der Waals surface area contributed by atoms with Crippen molar-refractivity contribution in [2.24, 2.45) is 21.1 Å². The van der Waals surface area contributed by atoms with Crippen LogP contribution in [0.5, 0.6) is 17.4 Å². The van der Waals surface area contributed by atoms with E-state index in [2.05, 4.69) is 51.8 Å². The van der Waals surface area contributed by atoms with Crippen molar-refractivity contribution < 1.29 is 19.4 Å². The monoisotopic (exact) mass is 568 g/mol. The molecule has 1 aliphatic heterocycles. The zero-order valence-corrected chi connectivity index (χ0v) is 23.3. The van der Waals surface area contributed by atoms with Crippen LogP contribution >= 0.6 is 15.9 Å². The Morgan fingerprint density at radius 1 is 1.16 bits per heavy atom. The van der Waals surface area contributed by atoms with Gasteiger partial charge in [0.15, 0.2) is 23.8 Å². The molecule has 9 heteroatoms. The number of para-hydroxylation sites is 2. The van der Waals surface area contributed by atoms with Crippen molar-refractivity contribution in [3.05, 3.63) is 46.9 Å². The van der Waals surface area contributed by atoms with Crippen LogP contribution in [0.25, 0.3) is 10.9 Å². The summed E-state index contributed by atoms with van der Waals surface area (Å²) in [5.74, 6) is 0.414. The van der Waals surface area contributed by atoms with Gasteiger partial charge in [0, 0.05) is 22.4 Å². The van der Waals surface area contributed by atoms with Gasteiger partial charge < -0.3 is 14.6 Å². The van der Waals surface area contributed by atoms with E-state index in [1.807, 2.05) is 28.8 Å². The van der Waals surface area contributed by atoms with Crippen molar-refractivity contribution in [3.8, 4) is 17.4 Å². The Morgan fingerprint density at radius 2 is 1.92 bits per heavy atom. The molecule has 1 N–H and O–H groups in total. The highest BCUT2D eigenvalue weighted by Crippen LogP contribution is 2.53. The van der Waals surface area contributed by atoms with E-state index < -0.39 is 5.91 Å². The molecular formula is C28H33BrN4O4. The van der Waals surface area contributed by atoms with Crippen LogP contribution in [0.15, 0.2) is 57.2 Å². The van der Waals surface area contributed by atoms with E-state index in [1.54, 1.807) is 18.2 Å². The van der Waals surface area contributed by atoms with Gasteiger partial charge in [-0.2, -0.15) is 0 Å². The van der Waals surface area contributed by atoms with Gasteiger partial charge in [0.1, 0.15) is 0 Å². The van der Waals surface area contributed by atoms with Crippen LogP contribution < -0.4 is 9.47 Å². The van der Waals surface area contributed by atoms with Crippen molar-refractivity contribution in [1.82, 2.24) is 9.47 Å². The first kappa shape index (κ1) is 25.7. The fourth-order valence-corrected chi connectivity index (χ4v) is 6.83. The quantitative estimate of drug-likeness (QED) is 0.321. The van der Waals surface area contributed by atoms with E-state index in [0.717, 1.165) is 28.3 Å². The molecule has 8 nitrogen and oxygen atoms in total. The molecule has 2 aromatic carbocycles. The summed E-state index contributed by atoms with van der Waals surface area (Å²) >= 11 is 3.52. The zero-order valence-electron chi connectivity index (χ0n) is 21.7. The number of rotatable bonds is 7. The normalized spacial score (nSPS) is 23.1. The maximum atomic E-state index is 12.5. The number of carbonyl (C=O) groups is 1. The Kier molecular flexibility index (Phi) is 6.79. The van der Waals surface area contributed by atoms with Crippen LogP contribution in [0.2, 0.25) is 0 Å². The number of fused-ring (bicyclic) bond motifs is 3. The molecule has 2 unspecified atom stereocenters. The molecule has 2 atom stereocenters. The SMILES string of the molecule is COc1ccccc1OCC(=O)N=Nc1c(O)n(CN2CC3(C)CC2CC(C)(C)C3)c2ccc(Br)cc12. The van der Waals surface area contributed by atoms with Gasteiger partial charge in [0.25, 0.3) is 0 Å². The van der Waals surface area contributed by atoms with Gasteiger partial charge in [-0.05, 0) is 60.4 Å². The van der Waals surface area contributed by atoms with Gasteiger partial charge in [0.2, 0.25) is 5.88 Å². The van der Waals surface area contributed by atoms with Crippen molar-refractivity contribution in [1.29, 1.82) is 0 Å². The Bertz CT molecular complexity index is 1370. The first-order valence-corrected chi connectivity index (χ1v) is 13.3. The molecule has 37 heavy (non-hydrogen) atoms. The standard InChI is InChI=1S/C28H33BrN4O4/c1-27(2)12-19-13-28(3,15-27)16-32(19)17-33-21-10-9-18(29)11-20(21)25(26(33)35)31-30-24(34)14-37-23-8-6-5-7-22(23)36-4/h5-11,19,35H,12-17H2,1-4H3. The number of aromatic nitrogens is 1. The second kappa shape index (κ2) is 9.76. The minimum atomic E-state index is -0.565. The topological polar surface area (TPSA) is 88.6 Å². The summed E-state index contributed by atoms with van der Waals surface area (Å²) < 4.78 is 13.5. The fourth-order valence-electron chi connectivity index (χ4n) is 6.47. The molecule has 1 saturated heterocycles. The number of carbonyl (C=O) groups excluding carboxylic acids is 1. The number of benzene rings is 2. The first-order valence-electron chi connectivity index (χ1n) is 12.5. The number of azo groups is 1. The Hall–Kier alpha value is -2.91. The summed E-state index contributed by atoms with van der Waals surface area (Å²) in [6.45, 7) is 8.34. The zero-order chi connectivity index (χ0) is 26.4. The number of likely N-dealkylation sites (tertiary alicyclic amines) is 1. The van der Waals surface area contributed by atoms with Gasteiger partial charge in [0.05, 0.1) is 19.3 Å². The third-order valence-corrected chi connectivity index (χ3v) is 7.99. The van der Waals surface area contributed by atoms with E-state index in [0.29, 0.717) is 29.6 Å². The lowest BCUT2D eigenvalue weighted by Crippen LogP contribution is -2.35. The molecule has 196 valence electrons. The lowest BCUT2D eigenvalue weighted by atomic mass is 9.65. The maximum Gasteiger partial charge on any atom is 0.302 e. The van der Waals surface area contributed by atoms with Gasteiger partial charge in [-0.1, -0.05) is 48.8 Å². The third-order valence-electron chi connectivity index (χ3n) is 7.50. The molecule has 1 amide bonds. The van der Waals surface area contributed by atoms with Gasteiger partial charge >= 0.3 is 5.91 Å². The number of amides is 1. The molecule has 2 fully saturated rings. The largest absolute Gasteiger partial charge is 0.493 e. The average molecular weight is 570 g/mol. The predicted octanol–water partition coefficient (Wildman–Crippen LogP) is 6.67. The number of nitrogens with zero attached hydrogens (tertiary/aromatic N) is 4.